The second-order valence-corrected chi connectivity index (χ2v) is 13.6. The molecule has 0 bridgehead atoms. The zero-order valence-electron chi connectivity index (χ0n) is 21.9. The van der Waals surface area contributed by atoms with Gasteiger partial charge in [0.05, 0.1) is 0 Å². The predicted octanol–water partition coefficient (Wildman–Crippen LogP) is 8.15. The first-order valence-electron chi connectivity index (χ1n) is 12.3. The first-order valence-corrected chi connectivity index (χ1v) is 13.9. The molecule has 0 atom stereocenters. The number of rotatable bonds is 6. The van der Waals surface area contributed by atoms with Gasteiger partial charge < -0.3 is 5.11 Å². The Morgan fingerprint density at radius 3 is 2.18 bits per heavy atom. The minimum Gasteiger partial charge on any atom is -0.871 e. The summed E-state index contributed by atoms with van der Waals surface area (Å²) in [5, 5.41) is 13.0. The van der Waals surface area contributed by atoms with Crippen molar-refractivity contribution in [3.8, 4) is 0 Å². The molecule has 0 amide bonds. The highest BCUT2D eigenvalue weighted by Gasteiger charge is 2.29. The first-order chi connectivity index (χ1) is 15.8. The first kappa shape index (κ1) is 26.7. The van der Waals surface area contributed by atoms with Gasteiger partial charge in [-0.2, -0.15) is 0 Å². The number of carbonyl (C=O) groups is 1. The van der Waals surface area contributed by atoms with Crippen molar-refractivity contribution >= 4 is 35.0 Å². The molecule has 0 fully saturated rings. The fraction of sp³-hybridized carbons (Fsp3) is 0.467. The van der Waals surface area contributed by atoms with Gasteiger partial charge in [-0.05, 0) is 63.5 Å². The van der Waals surface area contributed by atoms with Crippen LogP contribution in [0.3, 0.4) is 0 Å². The number of hydrogen-bond donors (Lipinski definition) is 0. The Morgan fingerprint density at radius 2 is 1.62 bits per heavy atom. The van der Waals surface area contributed by atoms with Gasteiger partial charge in [-0.15, -0.1) is 0 Å². The molecule has 1 aromatic rings. The van der Waals surface area contributed by atoms with Crippen LogP contribution >= 0.6 is 23.1 Å². The van der Waals surface area contributed by atoms with E-state index in [9.17, 15) is 9.90 Å². The average molecular weight is 495 g/mol. The molecule has 1 aromatic heterocycles. The molecule has 0 spiro atoms. The minimum atomic E-state index is -0.145. The molecule has 1 aliphatic heterocycles. The van der Waals surface area contributed by atoms with Gasteiger partial charge in [-0.1, -0.05) is 79.3 Å². The van der Waals surface area contributed by atoms with E-state index < -0.39 is 0 Å². The molecule has 0 unspecified atom stereocenters. The SMILES string of the molecule is CCCC1=CC(=CC2=C([O-])C(=Cc3cc(CCC)[s+]c(C(C)(C)C)c3)C2=O)C=C(C(C)(C)C)S1. The molecule has 4 heteroatoms. The van der Waals surface area contributed by atoms with Gasteiger partial charge in [0.15, 0.2) is 5.78 Å². The molecule has 0 saturated heterocycles. The van der Waals surface area contributed by atoms with Crippen LogP contribution in [0, 0.1) is 5.41 Å². The molecule has 1 aliphatic carbocycles. The molecule has 0 radical (unpaired) electrons. The van der Waals surface area contributed by atoms with Crippen LogP contribution in [-0.4, -0.2) is 5.78 Å². The van der Waals surface area contributed by atoms with E-state index in [1.165, 1.54) is 19.6 Å². The van der Waals surface area contributed by atoms with Crippen molar-refractivity contribution in [1.82, 2.24) is 0 Å². The van der Waals surface area contributed by atoms with Gasteiger partial charge in [-0.25, -0.2) is 0 Å². The summed E-state index contributed by atoms with van der Waals surface area (Å²) < 4.78 is 0. The summed E-state index contributed by atoms with van der Waals surface area (Å²) in [6, 6.07) is 4.26. The fourth-order valence-electron chi connectivity index (χ4n) is 3.83. The molecule has 0 N–H and O–H groups in total. The van der Waals surface area contributed by atoms with Gasteiger partial charge in [0, 0.05) is 35.1 Å². The Labute approximate surface area is 214 Å². The van der Waals surface area contributed by atoms with Crippen molar-refractivity contribution in [1.29, 1.82) is 0 Å². The Kier molecular flexibility index (Phi) is 8.14. The van der Waals surface area contributed by atoms with Crippen molar-refractivity contribution in [3.05, 3.63) is 78.0 Å². The molecule has 0 aromatic carbocycles. The number of allylic oxidation sites excluding steroid dienone is 8. The average Bonchev–Trinajstić information content (AvgIpc) is 2.74. The number of aryl methyl sites for hydroxylation is 1. The van der Waals surface area contributed by atoms with Crippen molar-refractivity contribution < 1.29 is 9.90 Å². The summed E-state index contributed by atoms with van der Waals surface area (Å²) in [6.45, 7) is 17.5. The van der Waals surface area contributed by atoms with E-state index in [0.717, 1.165) is 36.8 Å². The number of thioether (sulfide) groups is 1. The van der Waals surface area contributed by atoms with Gasteiger partial charge in [0.1, 0.15) is 0 Å². The number of carbonyl (C=O) groups excluding carboxylic acids is 1. The van der Waals surface area contributed by atoms with Crippen molar-refractivity contribution in [2.24, 2.45) is 5.41 Å². The normalized spacial score (nSPS) is 19.5. The Bertz CT molecular complexity index is 1130. The fourth-order valence-corrected chi connectivity index (χ4v) is 6.40. The second-order valence-electron chi connectivity index (χ2n) is 11.2. The minimum absolute atomic E-state index is 0.0234. The molecule has 2 heterocycles. The summed E-state index contributed by atoms with van der Waals surface area (Å²) in [5.41, 5.74) is 2.54. The lowest BCUT2D eigenvalue weighted by molar-refractivity contribution is -0.300. The Hall–Kier alpha value is -1.91. The Balaban J connectivity index is 1.99. The van der Waals surface area contributed by atoms with Gasteiger partial charge >= 0.3 is 0 Å². The van der Waals surface area contributed by atoms with E-state index in [0.29, 0.717) is 11.1 Å². The summed E-state index contributed by atoms with van der Waals surface area (Å²) >= 11 is 3.65. The zero-order valence-corrected chi connectivity index (χ0v) is 23.6. The zero-order chi connectivity index (χ0) is 25.3. The number of ketones is 1. The van der Waals surface area contributed by atoms with Crippen LogP contribution in [0.15, 0.2) is 62.6 Å². The van der Waals surface area contributed by atoms with E-state index in [1.807, 2.05) is 23.1 Å². The summed E-state index contributed by atoms with van der Waals surface area (Å²) in [5.74, 6) is -0.289. The molecule has 2 nitrogen and oxygen atoms in total. The summed E-state index contributed by atoms with van der Waals surface area (Å²) in [4.78, 5) is 18.1. The maximum atomic E-state index is 13.0. The summed E-state index contributed by atoms with van der Waals surface area (Å²) in [6.07, 6.45) is 12.0. The highest BCUT2D eigenvalue weighted by molar-refractivity contribution is 8.06. The lowest BCUT2D eigenvalue weighted by atomic mass is 9.85. The third kappa shape index (κ3) is 6.20. The predicted molar refractivity (Wildman–Crippen MR) is 148 cm³/mol. The molecular formula is C30H38O2S2. The van der Waals surface area contributed by atoms with Crippen LogP contribution in [-0.2, 0) is 16.6 Å². The lowest BCUT2D eigenvalue weighted by Crippen LogP contribution is -2.29. The molecule has 34 heavy (non-hydrogen) atoms. The van der Waals surface area contributed by atoms with Crippen LogP contribution in [0.4, 0.5) is 0 Å². The van der Waals surface area contributed by atoms with E-state index in [2.05, 4.69) is 79.7 Å². The van der Waals surface area contributed by atoms with Crippen LogP contribution in [0.25, 0.3) is 6.08 Å². The highest BCUT2D eigenvalue weighted by atomic mass is 32.2. The second kappa shape index (κ2) is 10.4. The highest BCUT2D eigenvalue weighted by Crippen LogP contribution is 2.45. The Morgan fingerprint density at radius 1 is 0.941 bits per heavy atom. The monoisotopic (exact) mass is 494 g/mol. The lowest BCUT2D eigenvalue weighted by Gasteiger charge is -2.30. The topological polar surface area (TPSA) is 40.1 Å². The third-order valence-electron chi connectivity index (χ3n) is 5.80. The standard InChI is InChI=1S/C30H38O2S2/c1-9-11-21-13-19(17-25(33-21)29(3,4)5)15-23-27(31)24(28(23)32)16-20-14-22(12-10-2)34-26(18-20)30(6,7)8/h13-18H,9-12H2,1-8H3. The molecular weight excluding hydrogens is 456 g/mol. The van der Waals surface area contributed by atoms with E-state index >= 15 is 0 Å². The van der Waals surface area contributed by atoms with Crippen LogP contribution in [0.1, 0.15) is 90.0 Å². The molecule has 182 valence electrons. The van der Waals surface area contributed by atoms with Gasteiger partial charge in [-0.3, -0.25) is 4.79 Å². The maximum absolute atomic E-state index is 13.0. The van der Waals surface area contributed by atoms with E-state index in [4.69, 9.17) is 0 Å². The quantitative estimate of drug-likeness (QED) is 0.296. The van der Waals surface area contributed by atoms with Crippen LogP contribution in [0.5, 0.6) is 0 Å². The van der Waals surface area contributed by atoms with Crippen molar-refractivity contribution in [2.75, 3.05) is 0 Å². The molecule has 3 rings (SSSR count). The van der Waals surface area contributed by atoms with Crippen molar-refractivity contribution in [2.45, 2.75) is 86.5 Å². The number of hydrogen-bond acceptors (Lipinski definition) is 3. The maximum Gasteiger partial charge on any atom is 0.219 e. The molecule has 0 saturated carbocycles. The van der Waals surface area contributed by atoms with Crippen LogP contribution in [0.2, 0.25) is 0 Å². The summed E-state index contributed by atoms with van der Waals surface area (Å²) in [7, 11) is 0. The smallest absolute Gasteiger partial charge is 0.219 e. The number of Topliss-reactive ketones (excluding diaryl/α,β-unsaturated/α-hetero) is 1. The van der Waals surface area contributed by atoms with Gasteiger partial charge in [0.25, 0.3) is 0 Å². The van der Waals surface area contributed by atoms with E-state index in [-0.39, 0.29) is 22.4 Å². The van der Waals surface area contributed by atoms with E-state index in [1.54, 1.807) is 12.2 Å². The van der Waals surface area contributed by atoms with Gasteiger partial charge in [0.2, 0.25) is 21.1 Å². The van der Waals surface area contributed by atoms with Crippen molar-refractivity contribution in [3.63, 3.8) is 0 Å². The third-order valence-corrected chi connectivity index (χ3v) is 8.87. The largest absolute Gasteiger partial charge is 0.871 e. The van der Waals surface area contributed by atoms with Crippen LogP contribution < -0.4 is 5.11 Å². The molecule has 2 aliphatic rings.